The van der Waals surface area contributed by atoms with Crippen LogP contribution in [0.3, 0.4) is 0 Å². The van der Waals surface area contributed by atoms with Crippen molar-refractivity contribution in [2.45, 2.75) is 57.9 Å². The van der Waals surface area contributed by atoms with E-state index >= 15 is 0 Å². The van der Waals surface area contributed by atoms with Crippen LogP contribution in [0.25, 0.3) is 0 Å². The van der Waals surface area contributed by atoms with Crippen LogP contribution in [-0.2, 0) is 6.54 Å². The van der Waals surface area contributed by atoms with E-state index < -0.39 is 0 Å². The summed E-state index contributed by atoms with van der Waals surface area (Å²) < 4.78 is 0. The van der Waals surface area contributed by atoms with Crippen LogP contribution in [0, 0.1) is 11.8 Å². The SMILES string of the molecule is CC1CCCCC1CNCc1ccc(C2CC2)cc1. The third-order valence-corrected chi connectivity index (χ3v) is 5.05. The van der Waals surface area contributed by atoms with Gasteiger partial charge in [-0.15, -0.1) is 0 Å². The minimum atomic E-state index is 0.880. The molecule has 0 aromatic heterocycles. The van der Waals surface area contributed by atoms with Crippen molar-refractivity contribution in [1.29, 1.82) is 0 Å². The molecule has 104 valence electrons. The Kier molecular flexibility index (Phi) is 4.22. The Balaban J connectivity index is 1.43. The zero-order valence-corrected chi connectivity index (χ0v) is 12.2. The molecule has 0 saturated heterocycles. The summed E-state index contributed by atoms with van der Waals surface area (Å²) in [5.74, 6) is 2.70. The van der Waals surface area contributed by atoms with E-state index in [0.29, 0.717) is 0 Å². The lowest BCUT2D eigenvalue weighted by molar-refractivity contribution is 0.247. The second-order valence-corrected chi connectivity index (χ2v) is 6.67. The van der Waals surface area contributed by atoms with Gasteiger partial charge in [0.05, 0.1) is 0 Å². The molecule has 1 aromatic rings. The van der Waals surface area contributed by atoms with Crippen molar-refractivity contribution >= 4 is 0 Å². The molecule has 1 aromatic carbocycles. The van der Waals surface area contributed by atoms with Gasteiger partial charge in [-0.05, 0) is 54.7 Å². The molecule has 2 atom stereocenters. The molecule has 2 saturated carbocycles. The van der Waals surface area contributed by atoms with Gasteiger partial charge in [0.1, 0.15) is 0 Å². The Bertz CT molecular complexity index is 391. The molecule has 2 aliphatic rings. The molecule has 3 rings (SSSR count). The predicted octanol–water partition coefficient (Wildman–Crippen LogP) is 4.48. The molecule has 0 spiro atoms. The van der Waals surface area contributed by atoms with Crippen molar-refractivity contribution < 1.29 is 0 Å². The second-order valence-electron chi connectivity index (χ2n) is 6.67. The predicted molar refractivity (Wildman–Crippen MR) is 81.2 cm³/mol. The van der Waals surface area contributed by atoms with Crippen molar-refractivity contribution in [1.82, 2.24) is 5.32 Å². The second kappa shape index (κ2) is 6.09. The molecule has 1 heteroatoms. The van der Waals surface area contributed by atoms with Crippen molar-refractivity contribution in [2.24, 2.45) is 11.8 Å². The Hall–Kier alpha value is -0.820. The summed E-state index contributed by atoms with van der Waals surface area (Å²) in [7, 11) is 0. The minimum Gasteiger partial charge on any atom is -0.312 e. The van der Waals surface area contributed by atoms with Crippen molar-refractivity contribution in [3.63, 3.8) is 0 Å². The molecule has 2 fully saturated rings. The van der Waals surface area contributed by atoms with Gasteiger partial charge < -0.3 is 5.32 Å². The van der Waals surface area contributed by atoms with Crippen molar-refractivity contribution in [3.8, 4) is 0 Å². The monoisotopic (exact) mass is 257 g/mol. The first kappa shape index (κ1) is 13.2. The van der Waals surface area contributed by atoms with Gasteiger partial charge >= 0.3 is 0 Å². The van der Waals surface area contributed by atoms with Crippen LogP contribution >= 0.6 is 0 Å². The molecule has 2 unspecified atom stereocenters. The average molecular weight is 257 g/mol. The van der Waals surface area contributed by atoms with Crippen LogP contribution in [0.4, 0.5) is 0 Å². The molecule has 1 N–H and O–H groups in total. The maximum atomic E-state index is 3.67. The van der Waals surface area contributed by atoms with Crippen LogP contribution in [0.15, 0.2) is 24.3 Å². The molecule has 0 heterocycles. The third kappa shape index (κ3) is 3.60. The first-order valence-electron chi connectivity index (χ1n) is 8.12. The molecule has 2 aliphatic carbocycles. The van der Waals surface area contributed by atoms with Crippen molar-refractivity contribution in [2.75, 3.05) is 6.54 Å². The smallest absolute Gasteiger partial charge is 0.0205 e. The topological polar surface area (TPSA) is 12.0 Å². The van der Waals surface area contributed by atoms with Crippen LogP contribution in [0.1, 0.15) is 62.5 Å². The number of hydrogen-bond donors (Lipinski definition) is 1. The van der Waals surface area contributed by atoms with Gasteiger partial charge in [-0.3, -0.25) is 0 Å². The zero-order valence-electron chi connectivity index (χ0n) is 12.2. The standard InChI is InChI=1S/C18H27N/c1-14-4-2-3-5-18(14)13-19-12-15-6-8-16(9-7-15)17-10-11-17/h6-9,14,17-19H,2-5,10-13H2,1H3. The number of rotatable bonds is 5. The Morgan fingerprint density at radius 3 is 2.42 bits per heavy atom. The first-order valence-corrected chi connectivity index (χ1v) is 8.12. The molecule has 0 bridgehead atoms. The molecule has 1 nitrogen and oxygen atoms in total. The summed E-state index contributed by atoms with van der Waals surface area (Å²) in [6, 6.07) is 9.28. The van der Waals surface area contributed by atoms with E-state index in [9.17, 15) is 0 Å². The van der Waals surface area contributed by atoms with Gasteiger partial charge in [0.2, 0.25) is 0 Å². The first-order chi connectivity index (χ1) is 9.33. The fourth-order valence-corrected chi connectivity index (χ4v) is 3.42. The zero-order chi connectivity index (χ0) is 13.1. The van der Waals surface area contributed by atoms with Crippen LogP contribution in [-0.4, -0.2) is 6.54 Å². The van der Waals surface area contributed by atoms with Gasteiger partial charge in [-0.1, -0.05) is 50.5 Å². The number of benzene rings is 1. The highest BCUT2D eigenvalue weighted by Crippen LogP contribution is 2.39. The van der Waals surface area contributed by atoms with E-state index in [-0.39, 0.29) is 0 Å². The van der Waals surface area contributed by atoms with Gasteiger partial charge in [-0.25, -0.2) is 0 Å². The van der Waals surface area contributed by atoms with Crippen LogP contribution in [0.5, 0.6) is 0 Å². The van der Waals surface area contributed by atoms with Gasteiger partial charge in [0, 0.05) is 6.54 Å². The minimum absolute atomic E-state index is 0.880. The summed E-state index contributed by atoms with van der Waals surface area (Å²) >= 11 is 0. The summed E-state index contributed by atoms with van der Waals surface area (Å²) in [6.45, 7) is 4.66. The maximum Gasteiger partial charge on any atom is 0.0205 e. The third-order valence-electron chi connectivity index (χ3n) is 5.05. The highest BCUT2D eigenvalue weighted by Gasteiger charge is 2.23. The highest BCUT2D eigenvalue weighted by atomic mass is 14.9. The summed E-state index contributed by atoms with van der Waals surface area (Å²) in [4.78, 5) is 0. The Morgan fingerprint density at radius 2 is 1.74 bits per heavy atom. The summed E-state index contributed by atoms with van der Waals surface area (Å²) in [6.07, 6.45) is 8.54. The van der Waals surface area contributed by atoms with Crippen LogP contribution < -0.4 is 5.32 Å². The van der Waals surface area contributed by atoms with Gasteiger partial charge in [0.25, 0.3) is 0 Å². The number of nitrogens with one attached hydrogen (secondary N) is 1. The summed E-state index contributed by atoms with van der Waals surface area (Å²) in [5.41, 5.74) is 2.98. The quantitative estimate of drug-likeness (QED) is 0.820. The van der Waals surface area contributed by atoms with E-state index in [0.717, 1.165) is 24.3 Å². The normalized spacial score (nSPS) is 27.4. The van der Waals surface area contributed by atoms with E-state index in [1.54, 1.807) is 5.56 Å². The molecular weight excluding hydrogens is 230 g/mol. The molecule has 0 amide bonds. The molecule has 0 radical (unpaired) electrons. The molecule has 19 heavy (non-hydrogen) atoms. The van der Waals surface area contributed by atoms with Gasteiger partial charge in [-0.2, -0.15) is 0 Å². The molecular formula is C18H27N. The van der Waals surface area contributed by atoms with E-state index in [1.165, 1.54) is 50.6 Å². The van der Waals surface area contributed by atoms with Crippen molar-refractivity contribution in [3.05, 3.63) is 35.4 Å². The van der Waals surface area contributed by atoms with E-state index in [4.69, 9.17) is 0 Å². The van der Waals surface area contributed by atoms with E-state index in [1.807, 2.05) is 0 Å². The lowest BCUT2D eigenvalue weighted by Gasteiger charge is -2.28. The Labute approximate surface area is 117 Å². The highest BCUT2D eigenvalue weighted by molar-refractivity contribution is 5.27. The van der Waals surface area contributed by atoms with E-state index in [2.05, 4.69) is 36.5 Å². The summed E-state index contributed by atoms with van der Waals surface area (Å²) in [5, 5.41) is 3.67. The number of hydrogen-bond acceptors (Lipinski definition) is 1. The van der Waals surface area contributed by atoms with Crippen LogP contribution in [0.2, 0.25) is 0 Å². The maximum absolute atomic E-state index is 3.67. The average Bonchev–Trinajstić information content (AvgIpc) is 3.26. The molecule has 0 aliphatic heterocycles. The lowest BCUT2D eigenvalue weighted by Crippen LogP contribution is -2.29. The lowest BCUT2D eigenvalue weighted by atomic mass is 9.80. The largest absolute Gasteiger partial charge is 0.312 e. The van der Waals surface area contributed by atoms with Gasteiger partial charge in [0.15, 0.2) is 0 Å². The Morgan fingerprint density at radius 1 is 1.00 bits per heavy atom. The fraction of sp³-hybridized carbons (Fsp3) is 0.667. The fourth-order valence-electron chi connectivity index (χ4n) is 3.42.